The Morgan fingerprint density at radius 2 is 2.00 bits per heavy atom. The molecule has 7 nitrogen and oxygen atoms in total. The molecule has 0 aliphatic carbocycles. The van der Waals surface area contributed by atoms with Crippen molar-refractivity contribution in [2.75, 3.05) is 27.2 Å². The van der Waals surface area contributed by atoms with Crippen molar-refractivity contribution in [3.05, 3.63) is 11.6 Å². The molecule has 1 atom stereocenters. The normalized spacial score (nSPS) is 21.0. The fraction of sp³-hybridized carbons (Fsp3) is 0.857. The number of hydrogen-bond acceptors (Lipinski definition) is 5. The summed E-state index contributed by atoms with van der Waals surface area (Å²) < 4.78 is 28.4. The fourth-order valence-corrected chi connectivity index (χ4v) is 4.20. The van der Waals surface area contributed by atoms with Crippen LogP contribution in [-0.4, -0.2) is 64.8 Å². The second-order valence-corrected chi connectivity index (χ2v) is 9.05. The van der Waals surface area contributed by atoms with Gasteiger partial charge in [0.1, 0.15) is 11.6 Å². The van der Waals surface area contributed by atoms with Crippen molar-refractivity contribution in [1.29, 1.82) is 0 Å². The van der Waals surface area contributed by atoms with E-state index in [4.69, 9.17) is 0 Å². The lowest BCUT2D eigenvalue weighted by atomic mass is 9.99. The van der Waals surface area contributed by atoms with Crippen molar-refractivity contribution >= 4 is 10.0 Å². The van der Waals surface area contributed by atoms with Crippen LogP contribution in [0.3, 0.4) is 0 Å². The Morgan fingerprint density at radius 1 is 1.32 bits per heavy atom. The van der Waals surface area contributed by atoms with E-state index < -0.39 is 10.0 Å². The highest BCUT2D eigenvalue weighted by molar-refractivity contribution is 7.89. The third kappa shape index (κ3) is 3.49. The first kappa shape index (κ1) is 17.4. The van der Waals surface area contributed by atoms with E-state index in [0.29, 0.717) is 13.1 Å². The number of hydrogen-bond donors (Lipinski definition) is 0. The van der Waals surface area contributed by atoms with E-state index in [1.165, 1.54) is 0 Å². The zero-order chi connectivity index (χ0) is 16.5. The molecule has 1 aliphatic rings. The molecule has 0 amide bonds. The van der Waals surface area contributed by atoms with Crippen LogP contribution < -0.4 is 0 Å². The van der Waals surface area contributed by atoms with Crippen LogP contribution in [0, 0.1) is 0 Å². The van der Waals surface area contributed by atoms with Crippen LogP contribution in [0.5, 0.6) is 0 Å². The zero-order valence-electron chi connectivity index (χ0n) is 14.2. The van der Waals surface area contributed by atoms with Crippen LogP contribution in [-0.2, 0) is 23.6 Å². The number of sulfonamides is 1. The Kier molecular flexibility index (Phi) is 5.24. The van der Waals surface area contributed by atoms with Gasteiger partial charge < -0.3 is 9.47 Å². The van der Waals surface area contributed by atoms with Crippen LogP contribution in [0.2, 0.25) is 0 Å². The molecule has 22 heavy (non-hydrogen) atoms. The van der Waals surface area contributed by atoms with Crippen molar-refractivity contribution in [3.63, 3.8) is 0 Å². The Morgan fingerprint density at radius 3 is 2.59 bits per heavy atom. The smallest absolute Gasteiger partial charge is 0.216 e. The van der Waals surface area contributed by atoms with Crippen LogP contribution >= 0.6 is 0 Å². The van der Waals surface area contributed by atoms with Gasteiger partial charge in [-0.3, -0.25) is 0 Å². The molecule has 0 spiro atoms. The summed E-state index contributed by atoms with van der Waals surface area (Å²) in [5.74, 6) is 1.92. The van der Waals surface area contributed by atoms with Gasteiger partial charge in [0.05, 0.1) is 11.8 Å². The first-order valence-corrected chi connectivity index (χ1v) is 9.25. The first-order valence-electron chi connectivity index (χ1n) is 7.75. The summed E-state index contributed by atoms with van der Waals surface area (Å²) in [7, 11) is 2.75. The summed E-state index contributed by atoms with van der Waals surface area (Å²) in [5.41, 5.74) is 0. The maximum atomic E-state index is 12.4. The molecule has 1 aliphatic heterocycles. The molecule has 1 fully saturated rings. The summed E-state index contributed by atoms with van der Waals surface area (Å²) in [5, 5.41) is 8.20. The fourth-order valence-electron chi connectivity index (χ4n) is 2.83. The van der Waals surface area contributed by atoms with Gasteiger partial charge in [-0.1, -0.05) is 0 Å². The van der Waals surface area contributed by atoms with Crippen LogP contribution in [0.25, 0.3) is 0 Å². The van der Waals surface area contributed by atoms with Gasteiger partial charge in [-0.05, 0) is 40.8 Å². The van der Waals surface area contributed by atoms with Crippen LogP contribution in [0.15, 0.2) is 0 Å². The Bertz CT molecular complexity index is 609. The van der Waals surface area contributed by atoms with E-state index in [0.717, 1.165) is 31.0 Å². The first-order chi connectivity index (χ1) is 10.2. The van der Waals surface area contributed by atoms with Gasteiger partial charge >= 0.3 is 0 Å². The SMILES string of the molecule is CC(C)S(=O)(=O)N1CCC[C@@H](c2nnc(CN(C)C)n2C)C1. The van der Waals surface area contributed by atoms with Gasteiger partial charge in [-0.25, -0.2) is 12.7 Å². The van der Waals surface area contributed by atoms with Gasteiger partial charge in [0.2, 0.25) is 10.0 Å². The minimum Gasteiger partial charge on any atom is -0.317 e. The minimum atomic E-state index is -3.20. The molecule has 0 saturated carbocycles. The molecule has 0 aromatic carbocycles. The summed E-state index contributed by atoms with van der Waals surface area (Å²) >= 11 is 0. The van der Waals surface area contributed by atoms with E-state index in [-0.39, 0.29) is 11.2 Å². The standard InChI is InChI=1S/C14H27N5O2S/c1-11(2)22(20,21)19-8-6-7-12(9-19)14-16-15-13(18(14)5)10-17(3)4/h11-12H,6-10H2,1-5H3/t12-/m1/s1. The molecule has 1 aromatic rings. The van der Waals surface area contributed by atoms with Crippen molar-refractivity contribution in [1.82, 2.24) is 24.0 Å². The average molecular weight is 329 g/mol. The highest BCUT2D eigenvalue weighted by Gasteiger charge is 2.33. The van der Waals surface area contributed by atoms with Gasteiger partial charge in [-0.15, -0.1) is 10.2 Å². The van der Waals surface area contributed by atoms with Gasteiger partial charge in [-0.2, -0.15) is 0 Å². The summed E-state index contributed by atoms with van der Waals surface area (Å²) in [6.07, 6.45) is 1.82. The molecule has 0 bridgehead atoms. The summed E-state index contributed by atoms with van der Waals surface area (Å²) in [4.78, 5) is 2.05. The highest BCUT2D eigenvalue weighted by atomic mass is 32.2. The van der Waals surface area contributed by atoms with E-state index in [1.54, 1.807) is 18.2 Å². The molecule has 2 rings (SSSR count). The summed E-state index contributed by atoms with van der Waals surface area (Å²) in [6, 6.07) is 0. The Labute approximate surface area is 133 Å². The molecular formula is C14H27N5O2S. The molecule has 0 N–H and O–H groups in total. The number of aromatic nitrogens is 3. The van der Waals surface area contributed by atoms with Crippen molar-refractivity contribution in [2.45, 2.75) is 44.4 Å². The van der Waals surface area contributed by atoms with Gasteiger partial charge in [0.15, 0.2) is 0 Å². The third-order valence-electron chi connectivity index (χ3n) is 4.16. The highest BCUT2D eigenvalue weighted by Crippen LogP contribution is 2.28. The maximum absolute atomic E-state index is 12.4. The molecule has 0 unspecified atom stereocenters. The molecule has 1 saturated heterocycles. The summed E-state index contributed by atoms with van der Waals surface area (Å²) in [6.45, 7) is 5.31. The van der Waals surface area contributed by atoms with Crippen molar-refractivity contribution in [3.8, 4) is 0 Å². The molecule has 2 heterocycles. The largest absolute Gasteiger partial charge is 0.317 e. The molecule has 126 valence electrons. The third-order valence-corrected chi connectivity index (χ3v) is 6.40. The van der Waals surface area contributed by atoms with Crippen molar-refractivity contribution in [2.24, 2.45) is 7.05 Å². The lowest BCUT2D eigenvalue weighted by Gasteiger charge is -2.32. The lowest BCUT2D eigenvalue weighted by molar-refractivity contribution is 0.303. The average Bonchev–Trinajstić information content (AvgIpc) is 2.79. The molecule has 8 heteroatoms. The van der Waals surface area contributed by atoms with E-state index >= 15 is 0 Å². The van der Waals surface area contributed by atoms with Crippen LogP contribution in [0.4, 0.5) is 0 Å². The van der Waals surface area contributed by atoms with E-state index in [1.807, 2.05) is 30.6 Å². The number of piperidine rings is 1. The lowest BCUT2D eigenvalue weighted by Crippen LogP contribution is -2.42. The monoisotopic (exact) mass is 329 g/mol. The topological polar surface area (TPSA) is 71.3 Å². The molecular weight excluding hydrogens is 302 g/mol. The van der Waals surface area contributed by atoms with Gasteiger partial charge in [0.25, 0.3) is 0 Å². The Balaban J connectivity index is 2.18. The predicted octanol–water partition coefficient (Wildman–Crippen LogP) is 0.794. The minimum absolute atomic E-state index is 0.121. The van der Waals surface area contributed by atoms with E-state index in [2.05, 4.69) is 10.2 Å². The van der Waals surface area contributed by atoms with Crippen LogP contribution in [0.1, 0.15) is 44.3 Å². The van der Waals surface area contributed by atoms with Crippen molar-refractivity contribution < 1.29 is 8.42 Å². The molecule has 0 radical (unpaired) electrons. The quantitative estimate of drug-likeness (QED) is 0.799. The molecule has 1 aromatic heterocycles. The predicted molar refractivity (Wildman–Crippen MR) is 86.0 cm³/mol. The zero-order valence-corrected chi connectivity index (χ0v) is 15.0. The Hall–Kier alpha value is -0.990. The number of rotatable bonds is 5. The number of nitrogens with zero attached hydrogens (tertiary/aromatic N) is 5. The second kappa shape index (κ2) is 6.64. The van der Waals surface area contributed by atoms with Gasteiger partial charge in [0, 0.05) is 26.1 Å². The maximum Gasteiger partial charge on any atom is 0.216 e. The second-order valence-electron chi connectivity index (χ2n) is 6.56. The van der Waals surface area contributed by atoms with E-state index in [9.17, 15) is 8.42 Å².